The number of para-hydroxylation sites is 1. The van der Waals surface area contributed by atoms with E-state index in [1.165, 1.54) is 12.1 Å². The molecule has 0 amide bonds. The van der Waals surface area contributed by atoms with E-state index in [4.69, 9.17) is 4.52 Å². The van der Waals surface area contributed by atoms with E-state index < -0.39 is 0 Å². The van der Waals surface area contributed by atoms with Gasteiger partial charge in [-0.05, 0) is 18.6 Å². The predicted molar refractivity (Wildman–Crippen MR) is 82.4 cm³/mol. The van der Waals surface area contributed by atoms with Crippen LogP contribution >= 0.6 is 0 Å². The summed E-state index contributed by atoms with van der Waals surface area (Å²) in [6.45, 7) is 5.10. The molecule has 1 aromatic heterocycles. The van der Waals surface area contributed by atoms with E-state index in [1.54, 1.807) is 0 Å². The lowest BCUT2D eigenvalue weighted by molar-refractivity contribution is 0.368. The second kappa shape index (κ2) is 6.72. The van der Waals surface area contributed by atoms with Crippen molar-refractivity contribution in [1.29, 1.82) is 0 Å². The molecule has 112 valence electrons. The highest BCUT2D eigenvalue weighted by atomic mass is 16.5. The van der Waals surface area contributed by atoms with Gasteiger partial charge in [0.1, 0.15) is 0 Å². The summed E-state index contributed by atoms with van der Waals surface area (Å²) in [5.41, 5.74) is 1.31. The number of aryl methyl sites for hydroxylation is 1. The Balaban J connectivity index is 1.43. The highest BCUT2D eigenvalue weighted by Crippen LogP contribution is 2.19. The molecule has 0 radical (unpaired) electrons. The maximum atomic E-state index is 5.20. The lowest BCUT2D eigenvalue weighted by Gasteiger charge is -2.18. The first-order chi connectivity index (χ1) is 10.3. The SMILES string of the molecule is CCc1noc(CCN[C@H]2CCN(c3ccccc3)C2)n1. The normalized spacial score (nSPS) is 18.3. The highest BCUT2D eigenvalue weighted by Gasteiger charge is 2.22. The zero-order valence-corrected chi connectivity index (χ0v) is 12.5. The van der Waals surface area contributed by atoms with Crippen LogP contribution in [-0.2, 0) is 12.8 Å². The van der Waals surface area contributed by atoms with Gasteiger partial charge in [-0.25, -0.2) is 0 Å². The van der Waals surface area contributed by atoms with Crippen LogP contribution in [0.15, 0.2) is 34.9 Å². The Morgan fingerprint density at radius 1 is 1.33 bits per heavy atom. The van der Waals surface area contributed by atoms with E-state index >= 15 is 0 Å². The van der Waals surface area contributed by atoms with Crippen LogP contribution in [0.5, 0.6) is 0 Å². The number of aromatic nitrogens is 2. The number of hydrogen-bond donors (Lipinski definition) is 1. The topological polar surface area (TPSA) is 54.2 Å². The lowest BCUT2D eigenvalue weighted by atomic mass is 10.2. The maximum absolute atomic E-state index is 5.20. The van der Waals surface area contributed by atoms with Gasteiger partial charge in [-0.15, -0.1) is 0 Å². The number of nitrogens with zero attached hydrogens (tertiary/aromatic N) is 3. The van der Waals surface area contributed by atoms with E-state index in [0.717, 1.165) is 44.2 Å². The fourth-order valence-corrected chi connectivity index (χ4v) is 2.72. The molecular weight excluding hydrogens is 264 g/mol. The average molecular weight is 286 g/mol. The molecule has 5 nitrogen and oxygen atoms in total. The molecule has 3 rings (SSSR count). The number of nitrogens with one attached hydrogen (secondary N) is 1. The van der Waals surface area contributed by atoms with Gasteiger partial charge in [0.25, 0.3) is 0 Å². The minimum absolute atomic E-state index is 0.541. The quantitative estimate of drug-likeness (QED) is 0.880. The number of anilines is 1. The number of hydrogen-bond acceptors (Lipinski definition) is 5. The molecule has 1 atom stereocenters. The van der Waals surface area contributed by atoms with E-state index in [-0.39, 0.29) is 0 Å². The van der Waals surface area contributed by atoms with Crippen molar-refractivity contribution in [2.75, 3.05) is 24.5 Å². The van der Waals surface area contributed by atoms with Crippen molar-refractivity contribution in [1.82, 2.24) is 15.5 Å². The Bertz CT molecular complexity index is 554. The highest BCUT2D eigenvalue weighted by molar-refractivity contribution is 5.47. The first-order valence-corrected chi connectivity index (χ1v) is 7.70. The minimum atomic E-state index is 0.541. The molecule has 0 aliphatic carbocycles. The predicted octanol–water partition coefficient (Wildman–Crippen LogP) is 2.04. The number of rotatable bonds is 6. The van der Waals surface area contributed by atoms with Crippen LogP contribution in [-0.4, -0.2) is 35.8 Å². The average Bonchev–Trinajstić information content (AvgIpc) is 3.17. The standard InChI is InChI=1S/C16H22N4O/c1-2-15-18-16(21-19-15)8-10-17-13-9-11-20(12-13)14-6-4-3-5-7-14/h3-7,13,17H,2,8-12H2,1H3/t13-/m0/s1. The van der Waals surface area contributed by atoms with Gasteiger partial charge in [-0.1, -0.05) is 30.3 Å². The summed E-state index contributed by atoms with van der Waals surface area (Å²) in [4.78, 5) is 6.76. The molecule has 2 heterocycles. The third kappa shape index (κ3) is 3.61. The molecule has 1 aliphatic heterocycles. The molecular formula is C16H22N4O. The molecule has 1 N–H and O–H groups in total. The van der Waals surface area contributed by atoms with Gasteiger partial charge in [-0.2, -0.15) is 4.98 Å². The van der Waals surface area contributed by atoms with Gasteiger partial charge < -0.3 is 14.7 Å². The van der Waals surface area contributed by atoms with Gasteiger partial charge in [0, 0.05) is 44.2 Å². The zero-order chi connectivity index (χ0) is 14.5. The monoisotopic (exact) mass is 286 g/mol. The summed E-state index contributed by atoms with van der Waals surface area (Å²) in [7, 11) is 0. The van der Waals surface area contributed by atoms with Crippen LogP contribution in [0.3, 0.4) is 0 Å². The Hall–Kier alpha value is -1.88. The van der Waals surface area contributed by atoms with Gasteiger partial charge in [0.05, 0.1) is 0 Å². The molecule has 0 spiro atoms. The molecule has 0 unspecified atom stereocenters. The van der Waals surface area contributed by atoms with Crippen molar-refractivity contribution >= 4 is 5.69 Å². The van der Waals surface area contributed by atoms with E-state index in [9.17, 15) is 0 Å². The molecule has 21 heavy (non-hydrogen) atoms. The third-order valence-corrected chi connectivity index (χ3v) is 3.91. The first kappa shape index (κ1) is 14.1. The summed E-state index contributed by atoms with van der Waals surface area (Å²) in [5, 5.41) is 7.50. The molecule has 1 fully saturated rings. The van der Waals surface area contributed by atoms with Crippen LogP contribution < -0.4 is 10.2 Å². The number of benzene rings is 1. The van der Waals surface area contributed by atoms with Crippen LogP contribution in [0.2, 0.25) is 0 Å². The second-order valence-corrected chi connectivity index (χ2v) is 5.43. The summed E-state index contributed by atoms with van der Waals surface area (Å²) < 4.78 is 5.20. The van der Waals surface area contributed by atoms with Gasteiger partial charge in [-0.3, -0.25) is 0 Å². The fraction of sp³-hybridized carbons (Fsp3) is 0.500. The van der Waals surface area contributed by atoms with Crippen LogP contribution in [0.25, 0.3) is 0 Å². The van der Waals surface area contributed by atoms with Crippen molar-refractivity contribution in [3.05, 3.63) is 42.0 Å². The van der Waals surface area contributed by atoms with Crippen molar-refractivity contribution in [3.63, 3.8) is 0 Å². The maximum Gasteiger partial charge on any atom is 0.227 e. The fourth-order valence-electron chi connectivity index (χ4n) is 2.72. The minimum Gasteiger partial charge on any atom is -0.370 e. The lowest BCUT2D eigenvalue weighted by Crippen LogP contribution is -2.33. The Kier molecular flexibility index (Phi) is 4.50. The summed E-state index contributed by atoms with van der Waals surface area (Å²) >= 11 is 0. The van der Waals surface area contributed by atoms with E-state index in [1.807, 2.05) is 6.92 Å². The van der Waals surface area contributed by atoms with Gasteiger partial charge in [0.2, 0.25) is 5.89 Å². The molecule has 1 aliphatic rings. The molecule has 1 aromatic carbocycles. The van der Waals surface area contributed by atoms with Gasteiger partial charge in [0.15, 0.2) is 5.82 Å². The Morgan fingerprint density at radius 3 is 2.95 bits per heavy atom. The summed E-state index contributed by atoms with van der Waals surface area (Å²) in [6.07, 6.45) is 2.80. The third-order valence-electron chi connectivity index (χ3n) is 3.91. The molecule has 2 aromatic rings. The van der Waals surface area contributed by atoms with Crippen molar-refractivity contribution in [2.24, 2.45) is 0 Å². The Labute approximate surface area is 125 Å². The molecule has 1 saturated heterocycles. The van der Waals surface area contributed by atoms with E-state index in [0.29, 0.717) is 6.04 Å². The van der Waals surface area contributed by atoms with Crippen LogP contribution in [0.1, 0.15) is 25.1 Å². The summed E-state index contributed by atoms with van der Waals surface area (Å²) in [5.74, 6) is 1.53. The first-order valence-electron chi connectivity index (χ1n) is 7.70. The second-order valence-electron chi connectivity index (χ2n) is 5.43. The molecule has 0 bridgehead atoms. The van der Waals surface area contributed by atoms with E-state index in [2.05, 4.69) is 50.7 Å². The molecule has 5 heteroatoms. The smallest absolute Gasteiger partial charge is 0.227 e. The van der Waals surface area contributed by atoms with Crippen molar-refractivity contribution in [2.45, 2.75) is 32.2 Å². The molecule has 0 saturated carbocycles. The van der Waals surface area contributed by atoms with Crippen LogP contribution in [0, 0.1) is 0 Å². The Morgan fingerprint density at radius 2 is 2.19 bits per heavy atom. The summed E-state index contributed by atoms with van der Waals surface area (Å²) in [6, 6.07) is 11.1. The largest absolute Gasteiger partial charge is 0.370 e. The zero-order valence-electron chi connectivity index (χ0n) is 12.5. The van der Waals surface area contributed by atoms with Crippen molar-refractivity contribution < 1.29 is 4.52 Å². The van der Waals surface area contributed by atoms with Crippen LogP contribution in [0.4, 0.5) is 5.69 Å². The van der Waals surface area contributed by atoms with Gasteiger partial charge >= 0.3 is 0 Å². The van der Waals surface area contributed by atoms with Crippen molar-refractivity contribution in [3.8, 4) is 0 Å².